The maximum atomic E-state index is 12.2. The fraction of sp³-hybridized carbons (Fsp3) is 0.812. The van der Waals surface area contributed by atoms with Crippen molar-refractivity contribution in [3.05, 3.63) is 11.5 Å². The first kappa shape index (κ1) is 17.0. The van der Waals surface area contributed by atoms with E-state index in [0.29, 0.717) is 11.5 Å². The normalized spacial score (nSPS) is 20.9. The van der Waals surface area contributed by atoms with Crippen LogP contribution in [0.15, 0.2) is 11.5 Å². The van der Waals surface area contributed by atoms with Gasteiger partial charge in [0.25, 0.3) is 0 Å². The number of hydrogen-bond donors (Lipinski definition) is 0. The fourth-order valence-electron chi connectivity index (χ4n) is 1.70. The first-order valence-corrected chi connectivity index (χ1v) is 7.04. The Morgan fingerprint density at radius 3 is 1.55 bits per heavy atom. The van der Waals surface area contributed by atoms with E-state index in [9.17, 15) is 4.79 Å². The molecule has 4 heteroatoms. The molecule has 4 nitrogen and oxygen atoms in total. The van der Waals surface area contributed by atoms with E-state index in [-0.39, 0.29) is 5.78 Å². The Morgan fingerprint density at radius 2 is 1.20 bits per heavy atom. The van der Waals surface area contributed by atoms with Crippen molar-refractivity contribution >= 4 is 5.78 Å². The zero-order chi connectivity index (χ0) is 15.9. The molecule has 0 spiro atoms. The molecule has 20 heavy (non-hydrogen) atoms. The van der Waals surface area contributed by atoms with Crippen LogP contribution in [-0.2, 0) is 19.0 Å². The summed E-state index contributed by atoms with van der Waals surface area (Å²) in [6.07, 6.45) is -0.661. The van der Waals surface area contributed by atoms with E-state index in [1.165, 1.54) is 0 Å². The molecule has 0 aromatic rings. The predicted molar refractivity (Wildman–Crippen MR) is 78.3 cm³/mol. The first-order chi connectivity index (χ1) is 8.70. The highest BCUT2D eigenvalue weighted by atomic mass is 16.6. The van der Waals surface area contributed by atoms with Crippen LogP contribution in [0, 0.1) is 0 Å². The van der Waals surface area contributed by atoms with Crippen LogP contribution in [0.4, 0.5) is 0 Å². The van der Waals surface area contributed by atoms with Gasteiger partial charge in [-0.2, -0.15) is 0 Å². The lowest BCUT2D eigenvalue weighted by Gasteiger charge is -2.39. The van der Waals surface area contributed by atoms with E-state index in [4.69, 9.17) is 14.2 Å². The maximum absolute atomic E-state index is 12.2. The number of hydrogen-bond acceptors (Lipinski definition) is 4. The van der Waals surface area contributed by atoms with Gasteiger partial charge in [0.15, 0.2) is 11.9 Å². The summed E-state index contributed by atoms with van der Waals surface area (Å²) in [4.78, 5) is 12.2. The molecule has 0 aromatic heterocycles. The van der Waals surface area contributed by atoms with E-state index in [1.807, 2.05) is 62.3 Å². The lowest BCUT2D eigenvalue weighted by molar-refractivity contribution is -0.158. The molecule has 0 fully saturated rings. The van der Waals surface area contributed by atoms with E-state index >= 15 is 0 Å². The number of ether oxygens (including phenoxy) is 3. The Morgan fingerprint density at radius 1 is 0.750 bits per heavy atom. The number of ketones is 1. The fourth-order valence-corrected chi connectivity index (χ4v) is 1.70. The van der Waals surface area contributed by atoms with Gasteiger partial charge >= 0.3 is 0 Å². The zero-order valence-electron chi connectivity index (χ0n) is 14.2. The van der Waals surface area contributed by atoms with Crippen molar-refractivity contribution in [2.24, 2.45) is 0 Å². The average molecular weight is 284 g/mol. The van der Waals surface area contributed by atoms with E-state index in [1.54, 1.807) is 0 Å². The van der Waals surface area contributed by atoms with Gasteiger partial charge in [-0.05, 0) is 62.3 Å². The summed E-state index contributed by atoms with van der Waals surface area (Å²) in [5.74, 6) is 0.656. The minimum Gasteiger partial charge on any atom is -0.485 e. The SMILES string of the molecule is CC(C)(C)OC1=C(OC(C)(C)C)C(OC(C)(C)C)C1=O. The summed E-state index contributed by atoms with van der Waals surface area (Å²) in [6, 6.07) is 0. The molecule has 0 saturated carbocycles. The van der Waals surface area contributed by atoms with E-state index < -0.39 is 22.9 Å². The van der Waals surface area contributed by atoms with E-state index in [0.717, 1.165) is 0 Å². The van der Waals surface area contributed by atoms with Crippen LogP contribution < -0.4 is 0 Å². The number of Topliss-reactive ketones (excluding diaryl/α,β-unsaturated/α-hetero) is 1. The molecule has 0 aromatic carbocycles. The monoisotopic (exact) mass is 284 g/mol. The minimum atomic E-state index is -0.661. The van der Waals surface area contributed by atoms with Crippen molar-refractivity contribution in [3.8, 4) is 0 Å². The zero-order valence-corrected chi connectivity index (χ0v) is 14.2. The van der Waals surface area contributed by atoms with Crippen LogP contribution in [-0.4, -0.2) is 28.7 Å². The predicted octanol–water partition coefficient (Wildman–Crippen LogP) is 3.59. The van der Waals surface area contributed by atoms with Gasteiger partial charge in [-0.15, -0.1) is 0 Å². The average Bonchev–Trinajstić information content (AvgIpc) is 2.16. The largest absolute Gasteiger partial charge is 0.485 e. The van der Waals surface area contributed by atoms with Crippen molar-refractivity contribution in [2.45, 2.75) is 85.2 Å². The minimum absolute atomic E-state index is 0.144. The van der Waals surface area contributed by atoms with Crippen molar-refractivity contribution in [1.29, 1.82) is 0 Å². The van der Waals surface area contributed by atoms with Crippen molar-refractivity contribution in [2.75, 3.05) is 0 Å². The molecule has 1 aliphatic rings. The number of carbonyl (C=O) groups is 1. The summed E-state index contributed by atoms with van der Waals surface area (Å²) >= 11 is 0. The molecule has 0 aliphatic heterocycles. The highest BCUT2D eigenvalue weighted by Crippen LogP contribution is 2.37. The summed E-state index contributed by atoms with van der Waals surface area (Å²) in [6.45, 7) is 17.3. The van der Waals surface area contributed by atoms with Crippen LogP contribution >= 0.6 is 0 Å². The van der Waals surface area contributed by atoms with Crippen molar-refractivity contribution in [1.82, 2.24) is 0 Å². The van der Waals surface area contributed by atoms with Gasteiger partial charge in [-0.1, -0.05) is 0 Å². The quantitative estimate of drug-likeness (QED) is 0.794. The second-order valence-electron chi connectivity index (χ2n) is 8.10. The lowest BCUT2D eigenvalue weighted by Crippen LogP contribution is -2.48. The molecule has 0 amide bonds. The molecule has 1 aliphatic carbocycles. The number of rotatable bonds is 3. The molecule has 0 radical (unpaired) electrons. The molecule has 0 bridgehead atoms. The smallest absolute Gasteiger partial charge is 0.237 e. The molecule has 1 atom stereocenters. The lowest BCUT2D eigenvalue weighted by atomic mass is 9.96. The van der Waals surface area contributed by atoms with Crippen molar-refractivity contribution < 1.29 is 19.0 Å². The summed E-state index contributed by atoms with van der Waals surface area (Å²) in [5.41, 5.74) is -1.26. The standard InChI is InChI=1S/C16H28O4/c1-14(2,3)18-11-10(17)12(19-15(4,5)6)13(11)20-16(7,8)9/h11H,1-9H3. The highest BCUT2D eigenvalue weighted by molar-refractivity contribution is 6.06. The molecular weight excluding hydrogens is 256 g/mol. The summed E-state index contributed by atoms with van der Waals surface area (Å²) in [7, 11) is 0. The Bertz CT molecular complexity index is 413. The second kappa shape index (κ2) is 5.06. The third-order valence-electron chi connectivity index (χ3n) is 2.22. The van der Waals surface area contributed by atoms with Crippen molar-refractivity contribution in [3.63, 3.8) is 0 Å². The summed E-state index contributed by atoms with van der Waals surface area (Å²) < 4.78 is 17.4. The van der Waals surface area contributed by atoms with Gasteiger partial charge in [-0.3, -0.25) is 4.79 Å². The van der Waals surface area contributed by atoms with Crippen LogP contribution in [0.2, 0.25) is 0 Å². The van der Waals surface area contributed by atoms with Crippen LogP contribution in [0.1, 0.15) is 62.3 Å². The van der Waals surface area contributed by atoms with Gasteiger partial charge in [0, 0.05) is 0 Å². The molecule has 116 valence electrons. The third kappa shape index (κ3) is 4.82. The molecule has 1 rings (SSSR count). The van der Waals surface area contributed by atoms with E-state index in [2.05, 4.69) is 0 Å². The Kier molecular flexibility index (Phi) is 4.31. The van der Waals surface area contributed by atoms with Crippen LogP contribution in [0.25, 0.3) is 0 Å². The van der Waals surface area contributed by atoms with Crippen LogP contribution in [0.3, 0.4) is 0 Å². The van der Waals surface area contributed by atoms with Gasteiger partial charge in [-0.25, -0.2) is 0 Å². The Hall–Kier alpha value is -1.03. The van der Waals surface area contributed by atoms with Gasteiger partial charge < -0.3 is 14.2 Å². The van der Waals surface area contributed by atoms with Crippen LogP contribution in [0.5, 0.6) is 0 Å². The Balaban J connectivity index is 3.02. The van der Waals surface area contributed by atoms with Gasteiger partial charge in [0.2, 0.25) is 11.5 Å². The Labute approximate surface area is 122 Å². The molecule has 1 unspecified atom stereocenters. The molecule has 0 N–H and O–H groups in total. The van der Waals surface area contributed by atoms with Gasteiger partial charge in [0.1, 0.15) is 11.2 Å². The van der Waals surface area contributed by atoms with Gasteiger partial charge in [0.05, 0.1) is 5.60 Å². The molecule has 0 heterocycles. The highest BCUT2D eigenvalue weighted by Gasteiger charge is 2.48. The second-order valence-corrected chi connectivity index (χ2v) is 8.10. The maximum Gasteiger partial charge on any atom is 0.237 e. The topological polar surface area (TPSA) is 44.8 Å². The molecular formula is C16H28O4. The summed E-state index contributed by atoms with van der Waals surface area (Å²) in [5, 5.41) is 0. The first-order valence-electron chi connectivity index (χ1n) is 7.04. The molecule has 0 saturated heterocycles. The number of carbonyl (C=O) groups excluding carboxylic acids is 1. The third-order valence-corrected chi connectivity index (χ3v) is 2.22.